The number of fused-ring (bicyclic) bond motifs is 1. The minimum absolute atomic E-state index is 0.0731. The van der Waals surface area contributed by atoms with Gasteiger partial charge in [0.15, 0.2) is 0 Å². The molecule has 1 aromatic heterocycles. The van der Waals surface area contributed by atoms with Gasteiger partial charge in [-0.05, 0) is 66.6 Å². The number of hydrogen-bond donors (Lipinski definition) is 0. The average Bonchev–Trinajstić information content (AvgIpc) is 3.31. The van der Waals surface area contributed by atoms with Crippen molar-refractivity contribution >= 4 is 0 Å². The van der Waals surface area contributed by atoms with E-state index in [-0.39, 0.29) is 6.40 Å². The average molecular weight is 362 g/mol. The highest BCUT2D eigenvalue weighted by Gasteiger charge is 2.14. The van der Waals surface area contributed by atoms with Crippen molar-refractivity contribution in [2.45, 2.75) is 52.3 Å². The Morgan fingerprint density at radius 2 is 1.93 bits per heavy atom. The summed E-state index contributed by atoms with van der Waals surface area (Å²) in [5.41, 5.74) is 5.71. The smallest absolute Gasteiger partial charge is 0.226 e. The lowest BCUT2D eigenvalue weighted by Gasteiger charge is -2.07. The second kappa shape index (κ2) is 7.99. The van der Waals surface area contributed by atoms with Gasteiger partial charge in [0.25, 0.3) is 0 Å². The van der Waals surface area contributed by atoms with E-state index in [1.165, 1.54) is 11.1 Å². The van der Waals surface area contributed by atoms with Crippen molar-refractivity contribution in [2.75, 3.05) is 6.61 Å². The van der Waals surface area contributed by atoms with Crippen LogP contribution in [0.3, 0.4) is 0 Å². The maximum Gasteiger partial charge on any atom is 0.226 e. The maximum absolute atomic E-state index is 8.02. The SMILES string of the molecule is [2H]C1CCc2cc(OCCc3nc(-c4ccc(CC)cc4)oc3CC)ccc21. The molecule has 1 aliphatic rings. The largest absolute Gasteiger partial charge is 0.493 e. The van der Waals surface area contributed by atoms with Crippen molar-refractivity contribution in [1.29, 1.82) is 0 Å². The molecule has 2 aromatic carbocycles. The number of ether oxygens (including phenoxy) is 1. The van der Waals surface area contributed by atoms with Gasteiger partial charge in [0.2, 0.25) is 5.89 Å². The van der Waals surface area contributed by atoms with Gasteiger partial charge in [0.1, 0.15) is 11.5 Å². The van der Waals surface area contributed by atoms with Crippen LogP contribution in [0, 0.1) is 0 Å². The predicted molar refractivity (Wildman–Crippen MR) is 108 cm³/mol. The Kier molecular flexibility index (Phi) is 4.92. The van der Waals surface area contributed by atoms with Gasteiger partial charge in [-0.25, -0.2) is 4.98 Å². The summed E-state index contributed by atoms with van der Waals surface area (Å²) >= 11 is 0. The molecule has 0 radical (unpaired) electrons. The quantitative estimate of drug-likeness (QED) is 0.550. The van der Waals surface area contributed by atoms with Crippen molar-refractivity contribution in [3.63, 3.8) is 0 Å². The predicted octanol–water partition coefficient (Wildman–Crippen LogP) is 5.58. The lowest BCUT2D eigenvalue weighted by atomic mass is 10.1. The lowest BCUT2D eigenvalue weighted by molar-refractivity contribution is 0.319. The molecule has 0 amide bonds. The molecule has 1 aliphatic carbocycles. The van der Waals surface area contributed by atoms with Gasteiger partial charge in [-0.15, -0.1) is 0 Å². The molecule has 3 aromatic rings. The normalized spacial score (nSPS) is 16.2. The van der Waals surface area contributed by atoms with Gasteiger partial charge in [-0.3, -0.25) is 0 Å². The number of aryl methyl sites for hydroxylation is 4. The van der Waals surface area contributed by atoms with Crippen LogP contribution in [-0.2, 0) is 32.1 Å². The van der Waals surface area contributed by atoms with Crippen LogP contribution < -0.4 is 4.74 Å². The Morgan fingerprint density at radius 1 is 1.07 bits per heavy atom. The van der Waals surface area contributed by atoms with E-state index in [9.17, 15) is 0 Å². The fraction of sp³-hybridized carbons (Fsp3) is 0.375. The molecule has 140 valence electrons. The van der Waals surface area contributed by atoms with Crippen LogP contribution in [0.1, 0.15) is 49.8 Å². The van der Waals surface area contributed by atoms with E-state index in [1.807, 2.05) is 12.1 Å². The zero-order chi connectivity index (χ0) is 19.5. The van der Waals surface area contributed by atoms with Crippen molar-refractivity contribution in [3.05, 3.63) is 70.6 Å². The van der Waals surface area contributed by atoms with Gasteiger partial charge in [0, 0.05) is 19.8 Å². The zero-order valence-electron chi connectivity index (χ0n) is 17.1. The van der Waals surface area contributed by atoms with E-state index in [0.717, 1.165) is 60.4 Å². The van der Waals surface area contributed by atoms with Gasteiger partial charge in [-0.2, -0.15) is 0 Å². The van der Waals surface area contributed by atoms with E-state index in [2.05, 4.69) is 44.2 Å². The van der Waals surface area contributed by atoms with Crippen LogP contribution in [0.2, 0.25) is 0 Å². The van der Waals surface area contributed by atoms with Gasteiger partial charge >= 0.3 is 0 Å². The zero-order valence-corrected chi connectivity index (χ0v) is 16.1. The van der Waals surface area contributed by atoms with Crippen LogP contribution in [-0.4, -0.2) is 11.6 Å². The molecule has 0 bridgehead atoms. The molecule has 27 heavy (non-hydrogen) atoms. The number of oxazole rings is 1. The van der Waals surface area contributed by atoms with Crippen LogP contribution >= 0.6 is 0 Å². The number of nitrogens with zero attached hydrogens (tertiary/aromatic N) is 1. The fourth-order valence-corrected chi connectivity index (χ4v) is 3.60. The molecule has 0 saturated carbocycles. The summed E-state index contributed by atoms with van der Waals surface area (Å²) in [6, 6.07) is 14.5. The highest BCUT2D eigenvalue weighted by Crippen LogP contribution is 2.27. The highest BCUT2D eigenvalue weighted by atomic mass is 16.5. The second-order valence-electron chi connectivity index (χ2n) is 6.99. The Balaban J connectivity index is 1.42. The molecule has 3 nitrogen and oxygen atoms in total. The minimum atomic E-state index is -0.0731. The van der Waals surface area contributed by atoms with Crippen molar-refractivity contribution in [3.8, 4) is 17.2 Å². The Bertz CT molecular complexity index is 946. The van der Waals surface area contributed by atoms with Crippen molar-refractivity contribution < 1.29 is 10.5 Å². The van der Waals surface area contributed by atoms with E-state index < -0.39 is 0 Å². The Hall–Kier alpha value is -2.55. The van der Waals surface area contributed by atoms with E-state index in [4.69, 9.17) is 15.5 Å². The minimum Gasteiger partial charge on any atom is -0.493 e. The first kappa shape index (κ1) is 16.6. The molecule has 4 rings (SSSR count). The standard InChI is InChI=1S/C24H27NO2/c1-3-17-8-10-19(11-9-17)24-25-22(23(4-2)27-24)14-15-26-21-13-12-18-6-5-7-20(18)16-21/h8-13,16H,3-7,14-15H2,1-2H3/i6D. The van der Waals surface area contributed by atoms with Gasteiger partial charge in [0.05, 0.1) is 12.3 Å². The number of hydrogen-bond acceptors (Lipinski definition) is 3. The summed E-state index contributed by atoms with van der Waals surface area (Å²) in [6.45, 7) is 4.81. The molecular weight excluding hydrogens is 334 g/mol. The van der Waals surface area contributed by atoms with Crippen molar-refractivity contribution in [2.24, 2.45) is 0 Å². The summed E-state index contributed by atoms with van der Waals surface area (Å²) in [7, 11) is 0. The molecule has 0 saturated heterocycles. The third-order valence-corrected chi connectivity index (χ3v) is 5.21. The lowest BCUT2D eigenvalue weighted by Crippen LogP contribution is -2.04. The molecule has 0 N–H and O–H groups in total. The van der Waals surface area contributed by atoms with Crippen LogP contribution in [0.4, 0.5) is 0 Å². The van der Waals surface area contributed by atoms with Crippen molar-refractivity contribution in [1.82, 2.24) is 4.98 Å². The molecular formula is C24H27NO2. The first-order chi connectivity index (χ1) is 13.7. The second-order valence-corrected chi connectivity index (χ2v) is 6.99. The summed E-state index contributed by atoms with van der Waals surface area (Å²) in [5, 5.41) is 0. The Morgan fingerprint density at radius 3 is 2.70 bits per heavy atom. The molecule has 0 fully saturated rings. The topological polar surface area (TPSA) is 35.3 Å². The van der Waals surface area contributed by atoms with Crippen LogP contribution in [0.5, 0.6) is 5.75 Å². The summed E-state index contributed by atoms with van der Waals surface area (Å²) in [5.74, 6) is 2.50. The third-order valence-electron chi connectivity index (χ3n) is 5.21. The molecule has 0 aliphatic heterocycles. The van der Waals surface area contributed by atoms with E-state index in [1.54, 1.807) is 0 Å². The molecule has 1 heterocycles. The number of rotatable bonds is 7. The van der Waals surface area contributed by atoms with Crippen LogP contribution in [0.15, 0.2) is 46.9 Å². The highest BCUT2D eigenvalue weighted by molar-refractivity contribution is 5.54. The number of benzene rings is 2. The van der Waals surface area contributed by atoms with E-state index in [0.29, 0.717) is 12.5 Å². The summed E-state index contributed by atoms with van der Waals surface area (Å²) in [4.78, 5) is 4.73. The maximum atomic E-state index is 8.02. The first-order valence-corrected chi connectivity index (χ1v) is 9.93. The molecule has 3 heteroatoms. The van der Waals surface area contributed by atoms with Gasteiger partial charge < -0.3 is 9.15 Å². The monoisotopic (exact) mass is 362 g/mol. The first-order valence-electron chi connectivity index (χ1n) is 10.5. The van der Waals surface area contributed by atoms with Crippen LogP contribution in [0.25, 0.3) is 11.5 Å². The molecule has 1 atom stereocenters. The Labute approximate surface area is 162 Å². The summed E-state index contributed by atoms with van der Waals surface area (Å²) in [6.07, 6.45) is 4.39. The third kappa shape index (κ3) is 3.92. The summed E-state index contributed by atoms with van der Waals surface area (Å²) < 4.78 is 20.0. The molecule has 0 spiro atoms. The number of aromatic nitrogens is 1. The van der Waals surface area contributed by atoms with Gasteiger partial charge in [-0.1, -0.05) is 32.0 Å². The fourth-order valence-electron chi connectivity index (χ4n) is 3.60. The van der Waals surface area contributed by atoms with E-state index >= 15 is 0 Å². The molecule has 1 unspecified atom stereocenters.